The van der Waals surface area contributed by atoms with Crippen LogP contribution in [0.15, 0.2) is 24.3 Å². The van der Waals surface area contributed by atoms with E-state index in [0.29, 0.717) is 6.54 Å². The summed E-state index contributed by atoms with van der Waals surface area (Å²) in [4.78, 5) is 10.4. The van der Waals surface area contributed by atoms with Crippen molar-refractivity contribution >= 4 is 11.7 Å². The van der Waals surface area contributed by atoms with E-state index in [2.05, 4.69) is 5.43 Å². The lowest BCUT2D eigenvalue weighted by Gasteiger charge is -2.12. The molecule has 4 nitrogen and oxygen atoms in total. The van der Waals surface area contributed by atoms with E-state index in [1.165, 1.54) is 0 Å². The van der Waals surface area contributed by atoms with E-state index >= 15 is 0 Å². The summed E-state index contributed by atoms with van der Waals surface area (Å²) in [6.45, 7) is 0.678. The van der Waals surface area contributed by atoms with E-state index in [1.807, 2.05) is 24.3 Å². The third kappa shape index (κ3) is 1.62. The molecule has 1 aromatic rings. The molecule has 1 aromatic carbocycles. The molecule has 0 amide bonds. The first kappa shape index (κ1) is 8.07. The summed E-state index contributed by atoms with van der Waals surface area (Å²) in [7, 11) is 0. The first-order valence-corrected chi connectivity index (χ1v) is 4.07. The molecule has 2 rings (SSSR count). The van der Waals surface area contributed by atoms with Crippen molar-refractivity contribution < 1.29 is 9.90 Å². The monoisotopic (exact) mass is 178 g/mol. The first-order chi connectivity index (χ1) is 6.25. The molecule has 1 heterocycles. The molecule has 2 N–H and O–H groups in total. The van der Waals surface area contributed by atoms with Gasteiger partial charge in [-0.15, -0.1) is 0 Å². The number of hydrogen-bond acceptors (Lipinski definition) is 3. The summed E-state index contributed by atoms with van der Waals surface area (Å²) in [6.07, 6.45) is 0. The Bertz CT molecular complexity index is 313. The molecule has 0 radical (unpaired) electrons. The zero-order valence-corrected chi connectivity index (χ0v) is 7.03. The first-order valence-electron chi connectivity index (χ1n) is 4.07. The zero-order chi connectivity index (χ0) is 9.26. The Balaban J connectivity index is 2.09. The highest BCUT2D eigenvalue weighted by molar-refractivity contribution is 5.70. The topological polar surface area (TPSA) is 52.6 Å². The van der Waals surface area contributed by atoms with Gasteiger partial charge in [0, 0.05) is 6.54 Å². The van der Waals surface area contributed by atoms with Gasteiger partial charge < -0.3 is 10.5 Å². The Morgan fingerprint density at radius 1 is 1.54 bits per heavy atom. The summed E-state index contributed by atoms with van der Waals surface area (Å²) in [5.74, 6) is -0.819. The molecule has 0 spiro atoms. The standard InChI is InChI=1S/C9H10N2O2/c12-9(13)6-11-5-7-3-1-2-4-8(7)10-11/h1-4,10H,5-6H2,(H,12,13). The number of rotatable bonds is 2. The van der Waals surface area contributed by atoms with Gasteiger partial charge in [0.25, 0.3) is 0 Å². The van der Waals surface area contributed by atoms with Crippen molar-refractivity contribution in [2.75, 3.05) is 12.0 Å². The summed E-state index contributed by atoms with van der Waals surface area (Å²) in [5, 5.41) is 10.2. The van der Waals surface area contributed by atoms with Crippen molar-refractivity contribution in [2.24, 2.45) is 0 Å². The molecule has 1 aliphatic heterocycles. The van der Waals surface area contributed by atoms with E-state index < -0.39 is 5.97 Å². The fourth-order valence-electron chi connectivity index (χ4n) is 1.44. The summed E-state index contributed by atoms with van der Waals surface area (Å²) >= 11 is 0. The van der Waals surface area contributed by atoms with Crippen LogP contribution in [0.3, 0.4) is 0 Å². The second kappa shape index (κ2) is 3.06. The number of para-hydroxylation sites is 1. The van der Waals surface area contributed by atoms with Gasteiger partial charge in [-0.05, 0) is 11.6 Å². The maximum absolute atomic E-state index is 10.4. The van der Waals surface area contributed by atoms with Crippen molar-refractivity contribution in [2.45, 2.75) is 6.54 Å². The molecule has 1 aliphatic rings. The minimum Gasteiger partial charge on any atom is -0.480 e. The van der Waals surface area contributed by atoms with Gasteiger partial charge in [0.05, 0.1) is 5.69 Å². The molecular weight excluding hydrogens is 168 g/mol. The van der Waals surface area contributed by atoms with Crippen LogP contribution in [0.25, 0.3) is 0 Å². The van der Waals surface area contributed by atoms with Crippen molar-refractivity contribution in [1.82, 2.24) is 5.01 Å². The number of nitrogens with one attached hydrogen (secondary N) is 1. The lowest BCUT2D eigenvalue weighted by Crippen LogP contribution is -2.29. The molecular formula is C9H10N2O2. The van der Waals surface area contributed by atoms with Crippen LogP contribution >= 0.6 is 0 Å². The van der Waals surface area contributed by atoms with Gasteiger partial charge in [-0.3, -0.25) is 4.79 Å². The Kier molecular flexibility index (Phi) is 1.90. The molecule has 0 fully saturated rings. The largest absolute Gasteiger partial charge is 0.480 e. The zero-order valence-electron chi connectivity index (χ0n) is 7.03. The number of carboxylic acids is 1. The maximum atomic E-state index is 10.4. The van der Waals surface area contributed by atoms with E-state index in [1.54, 1.807) is 5.01 Å². The van der Waals surface area contributed by atoms with E-state index in [-0.39, 0.29) is 6.54 Å². The average Bonchev–Trinajstić information content (AvgIpc) is 2.44. The van der Waals surface area contributed by atoms with Crippen LogP contribution in [-0.2, 0) is 11.3 Å². The Morgan fingerprint density at radius 3 is 3.00 bits per heavy atom. The van der Waals surface area contributed by atoms with Gasteiger partial charge >= 0.3 is 5.97 Å². The normalized spacial score (nSPS) is 15.1. The summed E-state index contributed by atoms with van der Waals surface area (Å²) in [6, 6.07) is 7.81. The number of carbonyl (C=O) groups is 1. The average molecular weight is 178 g/mol. The van der Waals surface area contributed by atoms with Crippen LogP contribution in [0, 0.1) is 0 Å². The van der Waals surface area contributed by atoms with Crippen LogP contribution in [0.1, 0.15) is 5.56 Å². The van der Waals surface area contributed by atoms with Crippen molar-refractivity contribution in [1.29, 1.82) is 0 Å². The van der Waals surface area contributed by atoms with Crippen LogP contribution in [0.4, 0.5) is 5.69 Å². The SMILES string of the molecule is O=C(O)CN1Cc2ccccc2N1. The van der Waals surface area contributed by atoms with Gasteiger partial charge in [-0.1, -0.05) is 18.2 Å². The highest BCUT2D eigenvalue weighted by Crippen LogP contribution is 2.23. The van der Waals surface area contributed by atoms with Crippen LogP contribution in [-0.4, -0.2) is 22.6 Å². The molecule has 68 valence electrons. The molecule has 0 aromatic heterocycles. The number of carboxylic acid groups (broad SMARTS) is 1. The molecule has 0 saturated heterocycles. The van der Waals surface area contributed by atoms with Crippen molar-refractivity contribution in [3.05, 3.63) is 29.8 Å². The Hall–Kier alpha value is -1.55. The van der Waals surface area contributed by atoms with Crippen LogP contribution in [0.5, 0.6) is 0 Å². The molecule has 0 aliphatic carbocycles. The highest BCUT2D eigenvalue weighted by Gasteiger charge is 2.18. The number of fused-ring (bicyclic) bond motifs is 1. The third-order valence-corrected chi connectivity index (χ3v) is 1.98. The number of nitrogens with zero attached hydrogens (tertiary/aromatic N) is 1. The Morgan fingerprint density at radius 2 is 2.31 bits per heavy atom. The molecule has 13 heavy (non-hydrogen) atoms. The minimum absolute atomic E-state index is 0.0225. The fraction of sp³-hybridized carbons (Fsp3) is 0.222. The van der Waals surface area contributed by atoms with E-state index in [0.717, 1.165) is 11.3 Å². The van der Waals surface area contributed by atoms with Crippen LogP contribution < -0.4 is 5.43 Å². The smallest absolute Gasteiger partial charge is 0.319 e. The molecule has 0 atom stereocenters. The summed E-state index contributed by atoms with van der Waals surface area (Å²) in [5.41, 5.74) is 5.16. The van der Waals surface area contributed by atoms with Crippen LogP contribution in [0.2, 0.25) is 0 Å². The van der Waals surface area contributed by atoms with Crippen molar-refractivity contribution in [3.8, 4) is 0 Å². The van der Waals surface area contributed by atoms with Gasteiger partial charge in [-0.2, -0.15) is 0 Å². The Labute approximate surface area is 75.8 Å². The minimum atomic E-state index is -0.819. The van der Waals surface area contributed by atoms with E-state index in [4.69, 9.17) is 5.11 Å². The second-order valence-corrected chi connectivity index (χ2v) is 3.02. The molecule has 0 bridgehead atoms. The number of aliphatic carboxylic acids is 1. The number of anilines is 1. The van der Waals surface area contributed by atoms with Gasteiger partial charge in [0.15, 0.2) is 0 Å². The molecule has 0 unspecified atom stereocenters. The second-order valence-electron chi connectivity index (χ2n) is 3.02. The number of hydrazine groups is 1. The quantitative estimate of drug-likeness (QED) is 0.706. The van der Waals surface area contributed by atoms with Crippen molar-refractivity contribution in [3.63, 3.8) is 0 Å². The van der Waals surface area contributed by atoms with E-state index in [9.17, 15) is 4.79 Å². The third-order valence-electron chi connectivity index (χ3n) is 1.98. The lowest BCUT2D eigenvalue weighted by molar-refractivity contribution is -0.138. The number of benzene rings is 1. The predicted octanol–water partition coefficient (Wildman–Crippen LogP) is 0.914. The molecule has 4 heteroatoms. The lowest BCUT2D eigenvalue weighted by atomic mass is 10.2. The predicted molar refractivity (Wildman–Crippen MR) is 48.1 cm³/mol. The van der Waals surface area contributed by atoms with Gasteiger partial charge in [0.1, 0.15) is 6.54 Å². The maximum Gasteiger partial charge on any atom is 0.319 e. The van der Waals surface area contributed by atoms with Gasteiger partial charge in [0.2, 0.25) is 0 Å². The highest BCUT2D eigenvalue weighted by atomic mass is 16.4. The number of hydrogen-bond donors (Lipinski definition) is 2. The summed E-state index contributed by atoms with van der Waals surface area (Å²) < 4.78 is 0. The molecule has 0 saturated carbocycles. The fourth-order valence-corrected chi connectivity index (χ4v) is 1.44. The van der Waals surface area contributed by atoms with Gasteiger partial charge in [-0.25, -0.2) is 5.01 Å².